The van der Waals surface area contributed by atoms with Crippen LogP contribution in [0.1, 0.15) is 34.6 Å². The maximum Gasteiger partial charge on any atom is 0.164 e. The molecule has 0 saturated heterocycles. The van der Waals surface area contributed by atoms with E-state index in [4.69, 9.17) is 0 Å². The zero-order chi connectivity index (χ0) is 12.7. The van der Waals surface area contributed by atoms with E-state index in [1.807, 2.05) is 35.9 Å². The fourth-order valence-corrected chi connectivity index (χ4v) is 2.63. The number of fused-ring (bicyclic) bond motifs is 1. The largest absolute Gasteiger partial charge is 0.305 e. The van der Waals surface area contributed by atoms with Crippen LogP contribution in [-0.4, -0.2) is 15.3 Å². The minimum absolute atomic E-state index is 0.254. The molecule has 0 N–H and O–H groups in total. The first-order chi connectivity index (χ1) is 8.66. The van der Waals surface area contributed by atoms with Gasteiger partial charge in [-0.2, -0.15) is 0 Å². The lowest BCUT2D eigenvalue weighted by Gasteiger charge is -2.14. The number of aromatic nitrogens is 2. The summed E-state index contributed by atoms with van der Waals surface area (Å²) in [6.45, 7) is 1.97. The first kappa shape index (κ1) is 11.7. The number of ketones is 1. The van der Waals surface area contributed by atoms with E-state index in [0.717, 1.165) is 40.1 Å². The topological polar surface area (TPSA) is 34.9 Å². The van der Waals surface area contributed by atoms with Crippen molar-refractivity contribution in [1.82, 2.24) is 9.55 Å². The van der Waals surface area contributed by atoms with Crippen LogP contribution in [0.15, 0.2) is 28.9 Å². The molecule has 2 aromatic heterocycles. The molecule has 0 aromatic carbocycles. The standard InChI is InChI=1S/C14H13BrN2O/c1-9-11(15)5-6-14(16-9)17-8-7-10-12(17)3-2-4-13(10)18/h5-8H,2-4H2,1H3. The molecule has 0 atom stereocenters. The van der Waals surface area contributed by atoms with E-state index in [1.54, 1.807) is 0 Å². The van der Waals surface area contributed by atoms with Gasteiger partial charge in [0, 0.05) is 28.3 Å². The number of hydrogen-bond acceptors (Lipinski definition) is 2. The van der Waals surface area contributed by atoms with Crippen LogP contribution in [-0.2, 0) is 6.42 Å². The summed E-state index contributed by atoms with van der Waals surface area (Å²) < 4.78 is 3.04. The van der Waals surface area contributed by atoms with Crippen molar-refractivity contribution in [2.75, 3.05) is 0 Å². The van der Waals surface area contributed by atoms with Gasteiger partial charge >= 0.3 is 0 Å². The molecular weight excluding hydrogens is 292 g/mol. The Labute approximate surface area is 114 Å². The van der Waals surface area contributed by atoms with Gasteiger partial charge in [-0.3, -0.25) is 4.79 Å². The molecule has 0 aliphatic heterocycles. The van der Waals surface area contributed by atoms with E-state index in [0.29, 0.717) is 6.42 Å². The smallest absolute Gasteiger partial charge is 0.164 e. The molecular formula is C14H13BrN2O. The maximum atomic E-state index is 11.8. The van der Waals surface area contributed by atoms with E-state index >= 15 is 0 Å². The van der Waals surface area contributed by atoms with Crippen LogP contribution < -0.4 is 0 Å². The van der Waals surface area contributed by atoms with Gasteiger partial charge in [-0.05, 0) is 53.9 Å². The highest BCUT2D eigenvalue weighted by atomic mass is 79.9. The Morgan fingerprint density at radius 2 is 2.11 bits per heavy atom. The molecule has 2 heterocycles. The molecule has 3 nitrogen and oxygen atoms in total. The number of nitrogens with zero attached hydrogens (tertiary/aromatic N) is 2. The Morgan fingerprint density at radius 1 is 1.28 bits per heavy atom. The first-order valence-electron chi connectivity index (χ1n) is 6.04. The second-order valence-electron chi connectivity index (χ2n) is 4.56. The van der Waals surface area contributed by atoms with Crippen molar-refractivity contribution >= 4 is 21.7 Å². The molecule has 1 aliphatic rings. The molecule has 18 heavy (non-hydrogen) atoms. The van der Waals surface area contributed by atoms with Crippen molar-refractivity contribution in [3.63, 3.8) is 0 Å². The number of aryl methyl sites for hydroxylation is 1. The van der Waals surface area contributed by atoms with Gasteiger partial charge < -0.3 is 4.57 Å². The van der Waals surface area contributed by atoms with Crippen LogP contribution in [0.3, 0.4) is 0 Å². The normalized spacial score (nSPS) is 14.7. The quantitative estimate of drug-likeness (QED) is 0.808. The first-order valence-corrected chi connectivity index (χ1v) is 6.83. The van der Waals surface area contributed by atoms with E-state index in [1.165, 1.54) is 0 Å². The molecule has 0 radical (unpaired) electrons. The van der Waals surface area contributed by atoms with Crippen LogP contribution in [0.5, 0.6) is 0 Å². The predicted molar refractivity (Wildman–Crippen MR) is 73.3 cm³/mol. The number of rotatable bonds is 1. The average Bonchev–Trinajstić information content (AvgIpc) is 2.78. The molecule has 0 spiro atoms. The summed E-state index contributed by atoms with van der Waals surface area (Å²) in [5.41, 5.74) is 2.92. The van der Waals surface area contributed by atoms with E-state index < -0.39 is 0 Å². The average molecular weight is 305 g/mol. The molecule has 0 saturated carbocycles. The summed E-state index contributed by atoms with van der Waals surface area (Å²) >= 11 is 3.45. The molecule has 2 aromatic rings. The number of carbonyl (C=O) groups is 1. The number of pyridine rings is 1. The van der Waals surface area contributed by atoms with Gasteiger partial charge in [0.15, 0.2) is 5.78 Å². The Kier molecular flexibility index (Phi) is 2.82. The Balaban J connectivity index is 2.12. The third kappa shape index (κ3) is 1.81. The van der Waals surface area contributed by atoms with E-state index in [9.17, 15) is 4.79 Å². The number of halogens is 1. The summed E-state index contributed by atoms with van der Waals surface area (Å²) in [5, 5.41) is 0. The fourth-order valence-electron chi connectivity index (χ4n) is 2.40. The summed E-state index contributed by atoms with van der Waals surface area (Å²) in [7, 11) is 0. The molecule has 0 fully saturated rings. The highest BCUT2D eigenvalue weighted by Gasteiger charge is 2.21. The minimum Gasteiger partial charge on any atom is -0.305 e. The van der Waals surface area contributed by atoms with Crippen LogP contribution >= 0.6 is 15.9 Å². The van der Waals surface area contributed by atoms with Crippen molar-refractivity contribution in [2.24, 2.45) is 0 Å². The zero-order valence-corrected chi connectivity index (χ0v) is 11.7. The molecule has 0 unspecified atom stereocenters. The molecule has 0 bridgehead atoms. The number of Topliss-reactive ketones (excluding diaryl/α,β-unsaturated/α-hetero) is 1. The summed E-state index contributed by atoms with van der Waals surface area (Å²) in [4.78, 5) is 16.4. The summed E-state index contributed by atoms with van der Waals surface area (Å²) in [6, 6.07) is 5.88. The highest BCUT2D eigenvalue weighted by molar-refractivity contribution is 9.10. The van der Waals surface area contributed by atoms with Crippen molar-refractivity contribution in [3.8, 4) is 5.82 Å². The van der Waals surface area contributed by atoms with Crippen molar-refractivity contribution in [1.29, 1.82) is 0 Å². The second-order valence-corrected chi connectivity index (χ2v) is 5.41. The monoisotopic (exact) mass is 304 g/mol. The Hall–Kier alpha value is -1.42. The van der Waals surface area contributed by atoms with E-state index in [2.05, 4.69) is 20.9 Å². The maximum absolute atomic E-state index is 11.8. The third-order valence-electron chi connectivity index (χ3n) is 3.36. The van der Waals surface area contributed by atoms with Gasteiger partial charge in [-0.25, -0.2) is 4.98 Å². The van der Waals surface area contributed by atoms with Crippen molar-refractivity contribution in [2.45, 2.75) is 26.2 Å². The van der Waals surface area contributed by atoms with Crippen LogP contribution in [0.2, 0.25) is 0 Å². The van der Waals surface area contributed by atoms with Gasteiger partial charge in [-0.15, -0.1) is 0 Å². The van der Waals surface area contributed by atoms with Gasteiger partial charge in [0.1, 0.15) is 5.82 Å². The Bertz CT molecular complexity index is 631. The van der Waals surface area contributed by atoms with E-state index in [-0.39, 0.29) is 5.78 Å². The lowest BCUT2D eigenvalue weighted by Crippen LogP contribution is -2.12. The number of carbonyl (C=O) groups excluding carboxylic acids is 1. The Morgan fingerprint density at radius 3 is 2.89 bits per heavy atom. The fraction of sp³-hybridized carbons (Fsp3) is 0.286. The second kappa shape index (κ2) is 4.35. The molecule has 92 valence electrons. The predicted octanol–water partition coefficient (Wildman–Crippen LogP) is 3.46. The molecule has 0 amide bonds. The van der Waals surface area contributed by atoms with Crippen LogP contribution in [0.4, 0.5) is 0 Å². The summed E-state index contributed by atoms with van der Waals surface area (Å²) in [5.74, 6) is 1.13. The summed E-state index contributed by atoms with van der Waals surface area (Å²) in [6.07, 6.45) is 4.50. The highest BCUT2D eigenvalue weighted by Crippen LogP contribution is 2.25. The van der Waals surface area contributed by atoms with Crippen LogP contribution in [0, 0.1) is 6.92 Å². The van der Waals surface area contributed by atoms with Crippen molar-refractivity contribution in [3.05, 3.63) is 45.8 Å². The SMILES string of the molecule is Cc1nc(-n2ccc3c2CCCC3=O)ccc1Br. The zero-order valence-electron chi connectivity index (χ0n) is 10.1. The molecule has 1 aliphatic carbocycles. The molecule has 3 rings (SSSR count). The lowest BCUT2D eigenvalue weighted by molar-refractivity contribution is 0.0972. The van der Waals surface area contributed by atoms with Crippen molar-refractivity contribution < 1.29 is 4.79 Å². The van der Waals surface area contributed by atoms with Gasteiger partial charge in [-0.1, -0.05) is 0 Å². The van der Waals surface area contributed by atoms with Gasteiger partial charge in [0.05, 0.1) is 5.69 Å². The lowest BCUT2D eigenvalue weighted by atomic mass is 9.97. The van der Waals surface area contributed by atoms with Crippen LogP contribution in [0.25, 0.3) is 5.82 Å². The third-order valence-corrected chi connectivity index (χ3v) is 4.20. The van der Waals surface area contributed by atoms with Gasteiger partial charge in [0.2, 0.25) is 0 Å². The van der Waals surface area contributed by atoms with Gasteiger partial charge in [0.25, 0.3) is 0 Å². The minimum atomic E-state index is 0.254. The molecule has 4 heteroatoms. The number of hydrogen-bond donors (Lipinski definition) is 0.